The van der Waals surface area contributed by atoms with Crippen LogP contribution in [0, 0.1) is 5.92 Å². The molecule has 1 aromatic heterocycles. The SMILES string of the molecule is Cl.Cn1cc([C@H]2CNC[C@@H]2C(=O)NCCc2cccc(-c3ccccc3)c2)cn1. The minimum absolute atomic E-state index is 0. The van der Waals surface area contributed by atoms with Gasteiger partial charge in [0.1, 0.15) is 0 Å². The number of aryl methyl sites for hydroxylation is 1. The monoisotopic (exact) mass is 410 g/mol. The quantitative estimate of drug-likeness (QED) is 0.656. The highest BCUT2D eigenvalue weighted by atomic mass is 35.5. The molecular weight excluding hydrogens is 384 g/mol. The number of aromatic nitrogens is 2. The molecule has 5 nitrogen and oxygen atoms in total. The van der Waals surface area contributed by atoms with Crippen molar-refractivity contribution in [1.29, 1.82) is 0 Å². The number of rotatable bonds is 6. The van der Waals surface area contributed by atoms with Crippen LogP contribution in [0.1, 0.15) is 17.0 Å². The van der Waals surface area contributed by atoms with Gasteiger partial charge in [-0.25, -0.2) is 0 Å². The van der Waals surface area contributed by atoms with Gasteiger partial charge in [-0.2, -0.15) is 5.10 Å². The summed E-state index contributed by atoms with van der Waals surface area (Å²) in [4.78, 5) is 12.7. The molecule has 1 fully saturated rings. The Hall–Kier alpha value is -2.63. The molecule has 0 saturated carbocycles. The zero-order chi connectivity index (χ0) is 19.3. The lowest BCUT2D eigenvalue weighted by Gasteiger charge is -2.17. The lowest BCUT2D eigenvalue weighted by Crippen LogP contribution is -2.35. The van der Waals surface area contributed by atoms with E-state index in [1.165, 1.54) is 16.7 Å². The number of hydrogen-bond donors (Lipinski definition) is 2. The number of hydrogen-bond acceptors (Lipinski definition) is 3. The summed E-state index contributed by atoms with van der Waals surface area (Å²) < 4.78 is 1.79. The van der Waals surface area contributed by atoms with Gasteiger partial charge < -0.3 is 10.6 Å². The Balaban J connectivity index is 0.00000240. The zero-order valence-electron chi connectivity index (χ0n) is 16.5. The summed E-state index contributed by atoms with van der Waals surface area (Å²) in [5, 5.41) is 10.7. The highest BCUT2D eigenvalue weighted by Gasteiger charge is 2.34. The van der Waals surface area contributed by atoms with Crippen LogP contribution >= 0.6 is 12.4 Å². The van der Waals surface area contributed by atoms with Crippen molar-refractivity contribution in [2.24, 2.45) is 13.0 Å². The summed E-state index contributed by atoms with van der Waals surface area (Å²) in [5.41, 5.74) is 4.78. The third-order valence-electron chi connectivity index (χ3n) is 5.45. The first-order valence-electron chi connectivity index (χ1n) is 9.82. The first kappa shape index (κ1) is 21.1. The van der Waals surface area contributed by atoms with Gasteiger partial charge >= 0.3 is 0 Å². The lowest BCUT2D eigenvalue weighted by atomic mass is 9.90. The number of carbonyl (C=O) groups is 1. The summed E-state index contributed by atoms with van der Waals surface area (Å²) in [6.07, 6.45) is 4.70. The maximum Gasteiger partial charge on any atom is 0.225 e. The summed E-state index contributed by atoms with van der Waals surface area (Å²) in [7, 11) is 1.91. The van der Waals surface area contributed by atoms with Crippen LogP contribution in [0.25, 0.3) is 11.1 Å². The Labute approximate surface area is 177 Å². The molecule has 1 aliphatic rings. The molecule has 4 rings (SSSR count). The molecule has 1 saturated heterocycles. The number of amides is 1. The molecule has 0 unspecified atom stereocenters. The predicted molar refractivity (Wildman–Crippen MR) is 118 cm³/mol. The van der Waals surface area contributed by atoms with Crippen molar-refractivity contribution in [3.05, 3.63) is 78.1 Å². The van der Waals surface area contributed by atoms with Gasteiger partial charge in [-0.05, 0) is 28.7 Å². The first-order chi connectivity index (χ1) is 13.7. The largest absolute Gasteiger partial charge is 0.355 e. The van der Waals surface area contributed by atoms with E-state index in [0.717, 1.165) is 25.1 Å². The van der Waals surface area contributed by atoms with Crippen molar-refractivity contribution < 1.29 is 4.79 Å². The number of benzene rings is 2. The first-order valence-corrected chi connectivity index (χ1v) is 9.82. The molecule has 0 radical (unpaired) electrons. The van der Waals surface area contributed by atoms with Crippen molar-refractivity contribution in [3.8, 4) is 11.1 Å². The molecule has 3 aromatic rings. The van der Waals surface area contributed by atoms with Gasteiger partial charge in [0.2, 0.25) is 5.91 Å². The van der Waals surface area contributed by atoms with Crippen LogP contribution in [0.3, 0.4) is 0 Å². The van der Waals surface area contributed by atoms with Gasteiger partial charge in [-0.15, -0.1) is 12.4 Å². The Morgan fingerprint density at radius 2 is 1.93 bits per heavy atom. The topological polar surface area (TPSA) is 59.0 Å². The third kappa shape index (κ3) is 5.05. The molecule has 0 bridgehead atoms. The highest BCUT2D eigenvalue weighted by Crippen LogP contribution is 2.28. The van der Waals surface area contributed by atoms with Crippen LogP contribution < -0.4 is 10.6 Å². The summed E-state index contributed by atoms with van der Waals surface area (Å²) in [5.74, 6) is 0.271. The molecule has 2 heterocycles. The van der Waals surface area contributed by atoms with E-state index in [1.807, 2.05) is 25.5 Å². The summed E-state index contributed by atoms with van der Waals surface area (Å²) in [6.45, 7) is 2.19. The van der Waals surface area contributed by atoms with E-state index in [-0.39, 0.29) is 30.2 Å². The van der Waals surface area contributed by atoms with E-state index in [2.05, 4.69) is 64.3 Å². The minimum atomic E-state index is -0.0418. The highest BCUT2D eigenvalue weighted by molar-refractivity contribution is 5.85. The standard InChI is InChI=1S/C23H26N4O.ClH/c1-27-16-20(13-26-27)21-14-24-15-22(21)23(28)25-11-10-17-6-5-9-19(12-17)18-7-3-2-4-8-18;/h2-9,12-13,16,21-22,24H,10-11,14-15H2,1H3,(H,25,28);1H/t21-,22+;/m1./s1. The smallest absolute Gasteiger partial charge is 0.225 e. The Morgan fingerprint density at radius 1 is 1.14 bits per heavy atom. The Morgan fingerprint density at radius 3 is 2.69 bits per heavy atom. The number of nitrogens with zero attached hydrogens (tertiary/aromatic N) is 2. The normalized spacial score (nSPS) is 18.2. The van der Waals surface area contributed by atoms with Gasteiger partial charge in [-0.1, -0.05) is 54.6 Å². The van der Waals surface area contributed by atoms with Crippen molar-refractivity contribution >= 4 is 18.3 Å². The predicted octanol–water partition coefficient (Wildman–Crippen LogP) is 3.17. The second-order valence-corrected chi connectivity index (χ2v) is 7.43. The zero-order valence-corrected chi connectivity index (χ0v) is 17.4. The molecule has 6 heteroatoms. The molecule has 0 spiro atoms. The Kier molecular flexibility index (Phi) is 7.07. The fraction of sp³-hybridized carbons (Fsp3) is 0.304. The maximum atomic E-state index is 12.7. The average Bonchev–Trinajstić information content (AvgIpc) is 3.38. The molecule has 2 aromatic carbocycles. The van der Waals surface area contributed by atoms with Crippen LogP contribution in [0.15, 0.2) is 67.0 Å². The van der Waals surface area contributed by atoms with Gasteiger partial charge in [0.05, 0.1) is 12.1 Å². The van der Waals surface area contributed by atoms with Crippen molar-refractivity contribution in [2.75, 3.05) is 19.6 Å². The van der Waals surface area contributed by atoms with Crippen molar-refractivity contribution in [3.63, 3.8) is 0 Å². The molecule has 1 amide bonds. The third-order valence-corrected chi connectivity index (χ3v) is 5.45. The van der Waals surface area contributed by atoms with Gasteiger partial charge in [-0.3, -0.25) is 9.48 Å². The van der Waals surface area contributed by atoms with Crippen molar-refractivity contribution in [2.45, 2.75) is 12.3 Å². The van der Waals surface area contributed by atoms with Crippen LogP contribution in [0.2, 0.25) is 0 Å². The fourth-order valence-electron chi connectivity index (χ4n) is 3.93. The molecule has 1 aliphatic heterocycles. The van der Waals surface area contributed by atoms with E-state index in [9.17, 15) is 4.79 Å². The van der Waals surface area contributed by atoms with Gasteiger partial charge in [0.15, 0.2) is 0 Å². The van der Waals surface area contributed by atoms with E-state index >= 15 is 0 Å². The molecule has 0 aliphatic carbocycles. The van der Waals surface area contributed by atoms with E-state index < -0.39 is 0 Å². The Bertz CT molecular complexity index is 941. The molecule has 2 N–H and O–H groups in total. The number of nitrogens with one attached hydrogen (secondary N) is 2. The average molecular weight is 411 g/mol. The summed E-state index contributed by atoms with van der Waals surface area (Å²) in [6, 6.07) is 18.9. The number of carbonyl (C=O) groups excluding carboxylic acids is 1. The summed E-state index contributed by atoms with van der Waals surface area (Å²) >= 11 is 0. The van der Waals surface area contributed by atoms with E-state index in [0.29, 0.717) is 6.54 Å². The van der Waals surface area contributed by atoms with E-state index in [4.69, 9.17) is 0 Å². The molecule has 29 heavy (non-hydrogen) atoms. The van der Waals surface area contributed by atoms with Crippen molar-refractivity contribution in [1.82, 2.24) is 20.4 Å². The van der Waals surface area contributed by atoms with Gasteiger partial charge in [0, 0.05) is 38.8 Å². The minimum Gasteiger partial charge on any atom is -0.355 e. The molecule has 152 valence electrons. The number of halogens is 1. The lowest BCUT2D eigenvalue weighted by molar-refractivity contribution is -0.124. The maximum absolute atomic E-state index is 12.7. The molecule has 2 atom stereocenters. The fourth-order valence-corrected chi connectivity index (χ4v) is 3.93. The second-order valence-electron chi connectivity index (χ2n) is 7.43. The van der Waals surface area contributed by atoms with Gasteiger partial charge in [0.25, 0.3) is 0 Å². The molecular formula is C23H27ClN4O. The van der Waals surface area contributed by atoms with E-state index in [1.54, 1.807) is 4.68 Å². The van der Waals surface area contributed by atoms with Crippen LogP contribution in [0.5, 0.6) is 0 Å². The van der Waals surface area contributed by atoms with Crippen LogP contribution in [-0.2, 0) is 18.3 Å². The second kappa shape index (κ2) is 9.72. The van der Waals surface area contributed by atoms with Crippen LogP contribution in [-0.4, -0.2) is 35.3 Å². The van der Waals surface area contributed by atoms with Crippen LogP contribution in [0.4, 0.5) is 0 Å².